The van der Waals surface area contributed by atoms with Gasteiger partial charge in [0.05, 0.1) is 5.69 Å². The number of para-hydroxylation sites is 1. The maximum absolute atomic E-state index is 13.7. The number of nitrogens with one attached hydrogen (secondary N) is 2. The molecule has 8 nitrogen and oxygen atoms in total. The van der Waals surface area contributed by atoms with Gasteiger partial charge in [-0.3, -0.25) is 4.79 Å². The molecule has 3 N–H and O–H groups in total. The molecule has 0 spiro atoms. The molecule has 3 amide bonds. The molecule has 2 aromatic rings. The summed E-state index contributed by atoms with van der Waals surface area (Å²) in [7, 11) is 0. The van der Waals surface area contributed by atoms with Crippen molar-refractivity contribution in [2.75, 3.05) is 17.2 Å². The van der Waals surface area contributed by atoms with Crippen LogP contribution in [0.1, 0.15) is 43.7 Å². The molecule has 0 aromatic heterocycles. The van der Waals surface area contributed by atoms with Gasteiger partial charge in [-0.25, -0.2) is 14.0 Å². The minimum atomic E-state index is -0.784. The number of benzene rings is 2. The fourth-order valence-corrected chi connectivity index (χ4v) is 4.93. The fourth-order valence-electron chi connectivity index (χ4n) is 4.93. The Kier molecular flexibility index (Phi) is 7.53. The molecule has 2 aliphatic rings. The summed E-state index contributed by atoms with van der Waals surface area (Å²) in [6.45, 7) is 2.92. The van der Waals surface area contributed by atoms with Crippen molar-refractivity contribution in [1.29, 1.82) is 0 Å². The van der Waals surface area contributed by atoms with Gasteiger partial charge in [-0.1, -0.05) is 25.1 Å². The predicted molar refractivity (Wildman–Crippen MR) is 129 cm³/mol. The number of carboxylic acids is 1. The van der Waals surface area contributed by atoms with Gasteiger partial charge in [0.1, 0.15) is 11.9 Å². The Morgan fingerprint density at radius 1 is 1.11 bits per heavy atom. The van der Waals surface area contributed by atoms with Crippen LogP contribution in [0.2, 0.25) is 0 Å². The van der Waals surface area contributed by atoms with Crippen LogP contribution in [0.5, 0.6) is 0 Å². The van der Waals surface area contributed by atoms with Crippen LogP contribution < -0.4 is 10.6 Å². The van der Waals surface area contributed by atoms with E-state index in [4.69, 9.17) is 9.84 Å². The van der Waals surface area contributed by atoms with Gasteiger partial charge in [0.25, 0.3) is 0 Å². The Labute approximate surface area is 203 Å². The van der Waals surface area contributed by atoms with Gasteiger partial charge in [-0.05, 0) is 72.9 Å². The Morgan fingerprint density at radius 3 is 2.66 bits per heavy atom. The molecular weight excluding hydrogens is 453 g/mol. The lowest BCUT2D eigenvalue weighted by Gasteiger charge is -2.35. The summed E-state index contributed by atoms with van der Waals surface area (Å²) in [5.41, 5.74) is 2.69. The van der Waals surface area contributed by atoms with Gasteiger partial charge in [-0.15, -0.1) is 0 Å². The number of carbonyl (C=O) groups excluding carboxylic acids is 2. The number of hydrogen-bond donors (Lipinski definition) is 3. The maximum Gasteiger partial charge on any atom is 0.410 e. The largest absolute Gasteiger partial charge is 0.481 e. The topological polar surface area (TPSA) is 108 Å². The van der Waals surface area contributed by atoms with Crippen molar-refractivity contribution in [3.63, 3.8) is 0 Å². The van der Waals surface area contributed by atoms with E-state index in [1.807, 2.05) is 19.1 Å². The Morgan fingerprint density at radius 2 is 1.91 bits per heavy atom. The van der Waals surface area contributed by atoms with Crippen molar-refractivity contribution in [3.8, 4) is 0 Å². The van der Waals surface area contributed by atoms with Gasteiger partial charge in [0.15, 0.2) is 0 Å². The van der Waals surface area contributed by atoms with Crippen molar-refractivity contribution >= 4 is 29.5 Å². The molecule has 1 aliphatic heterocycles. The highest BCUT2D eigenvalue weighted by Gasteiger charge is 2.33. The third kappa shape index (κ3) is 6.29. The first-order valence-electron chi connectivity index (χ1n) is 11.9. The summed E-state index contributed by atoms with van der Waals surface area (Å²) in [5, 5.41) is 14.2. The lowest BCUT2D eigenvalue weighted by atomic mass is 9.79. The first kappa shape index (κ1) is 24.5. The molecule has 0 saturated heterocycles. The normalized spacial score (nSPS) is 21.5. The molecule has 186 valence electrons. The van der Waals surface area contributed by atoms with Crippen LogP contribution in [0.3, 0.4) is 0 Å². The van der Waals surface area contributed by atoms with Crippen molar-refractivity contribution in [1.82, 2.24) is 4.90 Å². The highest BCUT2D eigenvalue weighted by molar-refractivity contribution is 5.99. The average molecular weight is 484 g/mol. The highest BCUT2D eigenvalue weighted by Crippen LogP contribution is 2.33. The van der Waals surface area contributed by atoms with Crippen LogP contribution >= 0.6 is 0 Å². The van der Waals surface area contributed by atoms with Gasteiger partial charge < -0.3 is 25.4 Å². The number of fused-ring (bicyclic) bond motifs is 1. The molecule has 2 aromatic carbocycles. The number of anilines is 2. The summed E-state index contributed by atoms with van der Waals surface area (Å²) in [6.07, 6.45) is 2.40. The summed E-state index contributed by atoms with van der Waals surface area (Å²) in [6, 6.07) is 10.9. The van der Waals surface area contributed by atoms with E-state index in [0.717, 1.165) is 24.0 Å². The molecular formula is C26H30FN3O5. The second kappa shape index (κ2) is 10.8. The predicted octanol–water partition coefficient (Wildman–Crippen LogP) is 5.24. The minimum Gasteiger partial charge on any atom is -0.481 e. The molecule has 0 unspecified atom stereocenters. The van der Waals surface area contributed by atoms with E-state index in [9.17, 15) is 18.8 Å². The number of amides is 3. The lowest BCUT2D eigenvalue weighted by Crippen LogP contribution is -2.41. The minimum absolute atomic E-state index is 0.0989. The number of nitrogens with zero attached hydrogens (tertiary/aromatic N) is 1. The summed E-state index contributed by atoms with van der Waals surface area (Å²) in [4.78, 5) is 37.7. The van der Waals surface area contributed by atoms with Gasteiger partial charge in [-0.2, -0.15) is 0 Å². The smallest absolute Gasteiger partial charge is 0.410 e. The van der Waals surface area contributed by atoms with Crippen LogP contribution in [0.4, 0.5) is 25.4 Å². The van der Waals surface area contributed by atoms with Crippen LogP contribution in [-0.2, 0) is 22.5 Å². The maximum atomic E-state index is 13.7. The number of urea groups is 1. The standard InChI is InChI=1S/C26H30FN3O5/c1-16-12-17(13-24(31)32)6-9-23(16)35-26(34)30-11-10-18-14-20(8-7-19(18)15-30)28-25(33)29-22-5-3-2-4-21(22)27/h2-5,7-8,14,16-17,23H,6,9-13,15H2,1H3,(H,31,32)(H2,28,29,33)/t16-,17-,23-/m1/s1. The van der Waals surface area contributed by atoms with E-state index < -0.39 is 17.8 Å². The van der Waals surface area contributed by atoms with Crippen molar-refractivity contribution in [3.05, 3.63) is 59.4 Å². The third-order valence-corrected chi connectivity index (χ3v) is 6.77. The number of aliphatic carboxylic acids is 1. The average Bonchev–Trinajstić information content (AvgIpc) is 2.81. The molecule has 35 heavy (non-hydrogen) atoms. The number of halogens is 1. The van der Waals surface area contributed by atoms with Crippen LogP contribution in [0.25, 0.3) is 0 Å². The molecule has 1 fully saturated rings. The second-order valence-electron chi connectivity index (χ2n) is 9.39. The van der Waals surface area contributed by atoms with Crippen LogP contribution in [0.15, 0.2) is 42.5 Å². The van der Waals surface area contributed by atoms with E-state index in [1.54, 1.807) is 23.1 Å². The number of carboxylic acid groups (broad SMARTS) is 1. The molecule has 0 radical (unpaired) electrons. The van der Waals surface area contributed by atoms with E-state index in [-0.39, 0.29) is 36.1 Å². The summed E-state index contributed by atoms with van der Waals surface area (Å²) < 4.78 is 19.5. The Hall–Kier alpha value is -3.62. The van der Waals surface area contributed by atoms with Crippen molar-refractivity contribution < 1.29 is 28.6 Å². The van der Waals surface area contributed by atoms with E-state index in [1.165, 1.54) is 12.1 Å². The molecule has 0 bridgehead atoms. The molecule has 9 heteroatoms. The molecule has 1 aliphatic carbocycles. The highest BCUT2D eigenvalue weighted by atomic mass is 19.1. The fraction of sp³-hybridized carbons (Fsp3) is 0.423. The Bertz CT molecular complexity index is 1110. The second-order valence-corrected chi connectivity index (χ2v) is 9.39. The van der Waals surface area contributed by atoms with E-state index in [2.05, 4.69) is 10.6 Å². The molecule has 1 heterocycles. The number of hydrogen-bond acceptors (Lipinski definition) is 4. The van der Waals surface area contributed by atoms with Gasteiger partial charge in [0.2, 0.25) is 0 Å². The van der Waals surface area contributed by atoms with E-state index >= 15 is 0 Å². The zero-order valence-corrected chi connectivity index (χ0v) is 19.6. The summed E-state index contributed by atoms with van der Waals surface area (Å²) in [5.74, 6) is -1.04. The molecule has 1 saturated carbocycles. The van der Waals surface area contributed by atoms with Crippen molar-refractivity contribution in [2.24, 2.45) is 11.8 Å². The lowest BCUT2D eigenvalue weighted by molar-refractivity contribution is -0.138. The SMILES string of the molecule is C[C@@H]1C[C@H](CC(=O)O)CC[C@H]1OC(=O)N1CCc2cc(NC(=O)Nc3ccccc3F)ccc2C1. The number of ether oxygens (including phenoxy) is 1. The Balaban J connectivity index is 1.30. The number of rotatable bonds is 5. The van der Waals surface area contributed by atoms with Gasteiger partial charge in [0, 0.05) is 25.2 Å². The first-order valence-corrected chi connectivity index (χ1v) is 11.9. The number of carbonyl (C=O) groups is 3. The zero-order valence-electron chi connectivity index (χ0n) is 19.6. The molecule has 4 rings (SSSR count). The summed E-state index contributed by atoms with van der Waals surface area (Å²) >= 11 is 0. The monoisotopic (exact) mass is 483 g/mol. The quantitative estimate of drug-likeness (QED) is 0.539. The molecule has 3 atom stereocenters. The first-order chi connectivity index (χ1) is 16.8. The van der Waals surface area contributed by atoms with Crippen LogP contribution in [0, 0.1) is 17.7 Å². The van der Waals surface area contributed by atoms with E-state index in [0.29, 0.717) is 31.6 Å². The zero-order chi connectivity index (χ0) is 24.9. The third-order valence-electron chi connectivity index (χ3n) is 6.77. The van der Waals surface area contributed by atoms with Gasteiger partial charge >= 0.3 is 18.1 Å². The van der Waals surface area contributed by atoms with Crippen LogP contribution in [-0.4, -0.2) is 40.7 Å². The van der Waals surface area contributed by atoms with Crippen molar-refractivity contribution in [2.45, 2.75) is 51.7 Å².